The zero-order chi connectivity index (χ0) is 11.8. The van der Waals surface area contributed by atoms with Crippen LogP contribution < -0.4 is 5.73 Å². The molecule has 0 saturated carbocycles. The maximum absolute atomic E-state index is 5.72. The van der Waals surface area contributed by atoms with E-state index in [2.05, 4.69) is 35.5 Å². The topological polar surface area (TPSA) is 56.7 Å². The average Bonchev–Trinajstić information content (AvgIpc) is 2.72. The summed E-state index contributed by atoms with van der Waals surface area (Å²) >= 11 is 0. The van der Waals surface area contributed by atoms with E-state index in [0.717, 1.165) is 44.0 Å². The van der Waals surface area contributed by atoms with Gasteiger partial charge in [0.2, 0.25) is 0 Å². The van der Waals surface area contributed by atoms with E-state index >= 15 is 0 Å². The molecule has 1 atom stereocenters. The van der Waals surface area contributed by atoms with Gasteiger partial charge in [-0.1, -0.05) is 20.8 Å². The molecule has 90 valence electrons. The van der Waals surface area contributed by atoms with Crippen LogP contribution in [0.15, 0.2) is 0 Å². The van der Waals surface area contributed by atoms with Crippen molar-refractivity contribution in [3.05, 3.63) is 11.6 Å². The van der Waals surface area contributed by atoms with E-state index in [1.165, 1.54) is 0 Å². The number of rotatable bonds is 3. The third-order valence-corrected chi connectivity index (χ3v) is 3.88. The summed E-state index contributed by atoms with van der Waals surface area (Å²) in [6, 6.07) is 0. The summed E-state index contributed by atoms with van der Waals surface area (Å²) in [4.78, 5) is 0. The van der Waals surface area contributed by atoms with Crippen molar-refractivity contribution < 1.29 is 0 Å². The molecular weight excluding hydrogens is 200 g/mol. The van der Waals surface area contributed by atoms with E-state index in [-0.39, 0.29) is 5.41 Å². The van der Waals surface area contributed by atoms with Gasteiger partial charge in [0.1, 0.15) is 11.6 Å². The maximum Gasteiger partial charge on any atom is 0.138 e. The Morgan fingerprint density at radius 1 is 1.44 bits per heavy atom. The highest BCUT2D eigenvalue weighted by molar-refractivity contribution is 5.09. The molecule has 0 bridgehead atoms. The van der Waals surface area contributed by atoms with Crippen LogP contribution >= 0.6 is 0 Å². The summed E-state index contributed by atoms with van der Waals surface area (Å²) in [5, 5.41) is 8.71. The molecule has 0 radical (unpaired) electrons. The van der Waals surface area contributed by atoms with Crippen LogP contribution in [0.3, 0.4) is 0 Å². The predicted octanol–water partition coefficient (Wildman–Crippen LogP) is 1.49. The SMILES string of the molecule is CCC(C)(C)c1nnc2n1CCC(CN)C2. The zero-order valence-corrected chi connectivity index (χ0v) is 10.5. The van der Waals surface area contributed by atoms with Crippen LogP contribution in [0.2, 0.25) is 0 Å². The van der Waals surface area contributed by atoms with Gasteiger partial charge < -0.3 is 10.3 Å². The minimum absolute atomic E-state index is 0.126. The van der Waals surface area contributed by atoms with Gasteiger partial charge in [-0.05, 0) is 25.3 Å². The molecule has 0 amide bonds. The molecule has 0 spiro atoms. The zero-order valence-electron chi connectivity index (χ0n) is 10.5. The van der Waals surface area contributed by atoms with E-state index in [9.17, 15) is 0 Å². The third kappa shape index (κ3) is 1.86. The fourth-order valence-corrected chi connectivity index (χ4v) is 2.25. The minimum atomic E-state index is 0.126. The number of fused-ring (bicyclic) bond motifs is 1. The molecule has 16 heavy (non-hydrogen) atoms. The van der Waals surface area contributed by atoms with Gasteiger partial charge in [-0.25, -0.2) is 0 Å². The first-order valence-electron chi connectivity index (χ1n) is 6.21. The third-order valence-electron chi connectivity index (χ3n) is 3.88. The molecule has 1 aliphatic rings. The molecule has 0 saturated heterocycles. The first-order chi connectivity index (χ1) is 7.58. The van der Waals surface area contributed by atoms with Crippen LogP contribution in [-0.4, -0.2) is 21.3 Å². The fraction of sp³-hybridized carbons (Fsp3) is 0.833. The number of nitrogens with two attached hydrogens (primary N) is 1. The summed E-state index contributed by atoms with van der Waals surface area (Å²) in [6.07, 6.45) is 3.24. The predicted molar refractivity (Wildman–Crippen MR) is 64.2 cm³/mol. The molecule has 0 aromatic carbocycles. The van der Waals surface area contributed by atoms with Crippen LogP contribution in [0.5, 0.6) is 0 Å². The lowest BCUT2D eigenvalue weighted by molar-refractivity contribution is 0.360. The monoisotopic (exact) mass is 222 g/mol. The van der Waals surface area contributed by atoms with Crippen LogP contribution in [0.1, 0.15) is 45.3 Å². The summed E-state index contributed by atoms with van der Waals surface area (Å²) in [6.45, 7) is 8.47. The first kappa shape index (κ1) is 11.6. The molecular formula is C12H22N4. The number of aromatic nitrogens is 3. The van der Waals surface area contributed by atoms with Crippen molar-refractivity contribution in [3.63, 3.8) is 0 Å². The second-order valence-electron chi connectivity index (χ2n) is 5.42. The Balaban J connectivity index is 2.29. The maximum atomic E-state index is 5.72. The molecule has 2 rings (SSSR count). The van der Waals surface area contributed by atoms with Crippen molar-refractivity contribution in [3.8, 4) is 0 Å². The average molecular weight is 222 g/mol. The minimum Gasteiger partial charge on any atom is -0.330 e. The molecule has 4 nitrogen and oxygen atoms in total. The Morgan fingerprint density at radius 3 is 2.81 bits per heavy atom. The van der Waals surface area contributed by atoms with Gasteiger partial charge in [-0.15, -0.1) is 10.2 Å². The van der Waals surface area contributed by atoms with Crippen LogP contribution in [0, 0.1) is 5.92 Å². The Kier molecular flexibility index (Phi) is 3.02. The van der Waals surface area contributed by atoms with Crippen molar-refractivity contribution in [1.82, 2.24) is 14.8 Å². The molecule has 2 N–H and O–H groups in total. The van der Waals surface area contributed by atoms with Crippen molar-refractivity contribution in [2.75, 3.05) is 6.54 Å². The van der Waals surface area contributed by atoms with Gasteiger partial charge in [0.15, 0.2) is 0 Å². The van der Waals surface area contributed by atoms with E-state index in [1.807, 2.05) is 0 Å². The Morgan fingerprint density at radius 2 is 2.19 bits per heavy atom. The molecule has 1 aromatic rings. The fourth-order valence-electron chi connectivity index (χ4n) is 2.25. The van der Waals surface area contributed by atoms with Gasteiger partial charge in [0.25, 0.3) is 0 Å². The van der Waals surface area contributed by atoms with Crippen molar-refractivity contribution >= 4 is 0 Å². The quantitative estimate of drug-likeness (QED) is 0.843. The molecule has 1 aliphatic heterocycles. The highest BCUT2D eigenvalue weighted by Crippen LogP contribution is 2.29. The lowest BCUT2D eigenvalue weighted by Crippen LogP contribution is -2.29. The lowest BCUT2D eigenvalue weighted by Gasteiger charge is -2.27. The molecule has 2 heterocycles. The van der Waals surface area contributed by atoms with Crippen LogP contribution in [0.25, 0.3) is 0 Å². The van der Waals surface area contributed by atoms with Crippen molar-refractivity contribution in [1.29, 1.82) is 0 Å². The van der Waals surface area contributed by atoms with Gasteiger partial charge >= 0.3 is 0 Å². The smallest absolute Gasteiger partial charge is 0.138 e. The highest BCUT2D eigenvalue weighted by atomic mass is 15.3. The molecule has 1 unspecified atom stereocenters. The number of hydrogen-bond donors (Lipinski definition) is 1. The summed E-state index contributed by atoms with van der Waals surface area (Å²) in [5.41, 5.74) is 5.85. The molecule has 0 fully saturated rings. The van der Waals surface area contributed by atoms with Gasteiger partial charge in [-0.2, -0.15) is 0 Å². The van der Waals surface area contributed by atoms with Crippen LogP contribution in [-0.2, 0) is 18.4 Å². The largest absolute Gasteiger partial charge is 0.330 e. The van der Waals surface area contributed by atoms with Crippen molar-refractivity contribution in [2.45, 2.75) is 52.0 Å². The standard InChI is InChI=1S/C12H22N4/c1-4-12(2,3)11-15-14-10-7-9(8-13)5-6-16(10)11/h9H,4-8,13H2,1-3H3. The molecule has 4 heteroatoms. The lowest BCUT2D eigenvalue weighted by atomic mass is 9.88. The summed E-state index contributed by atoms with van der Waals surface area (Å²) < 4.78 is 2.30. The van der Waals surface area contributed by atoms with E-state index in [4.69, 9.17) is 5.73 Å². The van der Waals surface area contributed by atoms with Gasteiger partial charge in [-0.3, -0.25) is 0 Å². The number of hydrogen-bond acceptors (Lipinski definition) is 3. The van der Waals surface area contributed by atoms with E-state index in [0.29, 0.717) is 5.92 Å². The normalized spacial score (nSPS) is 20.9. The Hall–Kier alpha value is -0.900. The Labute approximate surface area is 97.2 Å². The highest BCUT2D eigenvalue weighted by Gasteiger charge is 2.29. The summed E-state index contributed by atoms with van der Waals surface area (Å²) in [7, 11) is 0. The molecule has 0 aliphatic carbocycles. The van der Waals surface area contributed by atoms with Crippen molar-refractivity contribution in [2.24, 2.45) is 11.7 Å². The van der Waals surface area contributed by atoms with Gasteiger partial charge in [0, 0.05) is 18.4 Å². The van der Waals surface area contributed by atoms with E-state index in [1.54, 1.807) is 0 Å². The summed E-state index contributed by atoms with van der Waals surface area (Å²) in [5.74, 6) is 2.85. The van der Waals surface area contributed by atoms with Crippen LogP contribution in [0.4, 0.5) is 0 Å². The first-order valence-corrected chi connectivity index (χ1v) is 6.21. The second kappa shape index (κ2) is 4.17. The number of nitrogens with zero attached hydrogens (tertiary/aromatic N) is 3. The molecule has 1 aromatic heterocycles. The Bertz CT molecular complexity index is 367. The van der Waals surface area contributed by atoms with Gasteiger partial charge in [0.05, 0.1) is 0 Å². The van der Waals surface area contributed by atoms with E-state index < -0.39 is 0 Å². The second-order valence-corrected chi connectivity index (χ2v) is 5.42.